The minimum absolute atomic E-state index is 0.652. The molecule has 17 heavy (non-hydrogen) atoms. The molecule has 0 aliphatic carbocycles. The van der Waals surface area contributed by atoms with Crippen molar-refractivity contribution in [1.29, 1.82) is 0 Å². The third kappa shape index (κ3) is 3.43. The Morgan fingerprint density at radius 1 is 1.12 bits per heavy atom. The molecule has 2 saturated heterocycles. The number of rotatable bonds is 3. The van der Waals surface area contributed by atoms with Crippen LogP contribution in [0.15, 0.2) is 0 Å². The predicted molar refractivity (Wildman–Crippen MR) is 73.3 cm³/mol. The topological polar surface area (TPSA) is 18.5 Å². The van der Waals surface area contributed by atoms with E-state index in [0.717, 1.165) is 5.92 Å². The van der Waals surface area contributed by atoms with Crippen LogP contribution < -0.4 is 5.32 Å². The lowest BCUT2D eigenvalue weighted by Crippen LogP contribution is -2.56. The molecule has 2 aliphatic rings. The van der Waals surface area contributed by atoms with Gasteiger partial charge in [-0.3, -0.25) is 4.90 Å². The first-order valence-electron chi connectivity index (χ1n) is 7.40. The lowest BCUT2D eigenvalue weighted by molar-refractivity contribution is 0.0910. The van der Waals surface area contributed by atoms with Gasteiger partial charge in [0.1, 0.15) is 0 Å². The third-order valence-electron chi connectivity index (χ3n) is 4.81. The molecule has 100 valence electrons. The average molecular weight is 239 g/mol. The van der Waals surface area contributed by atoms with Crippen LogP contribution in [0.25, 0.3) is 0 Å². The minimum Gasteiger partial charge on any atom is -0.311 e. The summed E-state index contributed by atoms with van der Waals surface area (Å²) >= 11 is 0. The number of nitrogens with one attached hydrogen (secondary N) is 1. The Balaban J connectivity index is 1.77. The van der Waals surface area contributed by atoms with Crippen molar-refractivity contribution < 1.29 is 0 Å². The van der Waals surface area contributed by atoms with Gasteiger partial charge >= 0.3 is 0 Å². The third-order valence-corrected chi connectivity index (χ3v) is 4.81. The molecule has 2 heterocycles. The van der Waals surface area contributed by atoms with Crippen LogP contribution in [0.5, 0.6) is 0 Å². The van der Waals surface area contributed by atoms with Crippen LogP contribution in [-0.4, -0.2) is 61.2 Å². The highest BCUT2D eigenvalue weighted by Gasteiger charge is 2.27. The molecule has 0 saturated carbocycles. The lowest BCUT2D eigenvalue weighted by atomic mass is 9.94. The molecule has 0 radical (unpaired) electrons. The molecule has 3 heteroatoms. The molecule has 2 aliphatic heterocycles. The quantitative estimate of drug-likeness (QED) is 0.803. The van der Waals surface area contributed by atoms with Gasteiger partial charge in [0.2, 0.25) is 0 Å². The Bertz CT molecular complexity index is 224. The van der Waals surface area contributed by atoms with Crippen molar-refractivity contribution in [2.24, 2.45) is 5.92 Å². The van der Waals surface area contributed by atoms with Gasteiger partial charge in [0.05, 0.1) is 0 Å². The molecule has 0 spiro atoms. The maximum atomic E-state index is 3.57. The van der Waals surface area contributed by atoms with Crippen molar-refractivity contribution in [1.82, 2.24) is 15.1 Å². The zero-order valence-corrected chi connectivity index (χ0v) is 11.8. The molecule has 2 rings (SSSR count). The molecule has 1 N–H and O–H groups in total. The standard InChI is InChI=1S/C14H29N3/c1-4-16-8-5-14(6-9-16)11-17-10-7-15-12(2)13(17)3/h12-15H,4-11H2,1-3H3. The Morgan fingerprint density at radius 3 is 2.47 bits per heavy atom. The van der Waals surface area contributed by atoms with Gasteiger partial charge in [-0.1, -0.05) is 6.92 Å². The van der Waals surface area contributed by atoms with Crippen molar-refractivity contribution in [2.75, 3.05) is 39.3 Å². The second-order valence-corrected chi connectivity index (χ2v) is 5.86. The molecule has 2 unspecified atom stereocenters. The Kier molecular flexibility index (Phi) is 4.83. The first-order chi connectivity index (χ1) is 8.20. The van der Waals surface area contributed by atoms with Gasteiger partial charge < -0.3 is 10.2 Å². The van der Waals surface area contributed by atoms with E-state index in [9.17, 15) is 0 Å². The second-order valence-electron chi connectivity index (χ2n) is 5.86. The number of piperidine rings is 1. The molecule has 0 aromatic rings. The van der Waals surface area contributed by atoms with Gasteiger partial charge in [0.25, 0.3) is 0 Å². The molecule has 0 amide bonds. The summed E-state index contributed by atoms with van der Waals surface area (Å²) in [5.41, 5.74) is 0. The zero-order chi connectivity index (χ0) is 12.3. The van der Waals surface area contributed by atoms with Crippen molar-refractivity contribution in [2.45, 2.75) is 45.7 Å². The lowest BCUT2D eigenvalue weighted by Gasteiger charge is -2.42. The maximum absolute atomic E-state index is 3.57. The molecular weight excluding hydrogens is 210 g/mol. The summed E-state index contributed by atoms with van der Waals surface area (Å²) in [6, 6.07) is 1.35. The first kappa shape index (κ1) is 13.3. The number of hydrogen-bond donors (Lipinski definition) is 1. The fraction of sp³-hybridized carbons (Fsp3) is 1.00. The molecule has 2 atom stereocenters. The molecule has 0 aromatic carbocycles. The molecule has 3 nitrogen and oxygen atoms in total. The Hall–Kier alpha value is -0.120. The fourth-order valence-corrected chi connectivity index (χ4v) is 3.20. The highest BCUT2D eigenvalue weighted by molar-refractivity contribution is 4.85. The van der Waals surface area contributed by atoms with Crippen LogP contribution in [-0.2, 0) is 0 Å². The summed E-state index contributed by atoms with van der Waals surface area (Å²) in [4.78, 5) is 5.29. The Labute approximate surface area is 107 Å². The molecule has 2 fully saturated rings. The monoisotopic (exact) mass is 239 g/mol. The summed E-state index contributed by atoms with van der Waals surface area (Å²) in [6.07, 6.45) is 2.80. The second kappa shape index (κ2) is 6.17. The van der Waals surface area contributed by atoms with Gasteiger partial charge in [0, 0.05) is 31.7 Å². The van der Waals surface area contributed by atoms with Crippen molar-refractivity contribution in [3.8, 4) is 0 Å². The SMILES string of the molecule is CCN1CCC(CN2CCNC(C)C2C)CC1. The number of hydrogen-bond acceptors (Lipinski definition) is 3. The number of likely N-dealkylation sites (tertiary alicyclic amines) is 1. The summed E-state index contributed by atoms with van der Waals surface area (Å²) in [5.74, 6) is 0.936. The molecular formula is C14H29N3. The zero-order valence-electron chi connectivity index (χ0n) is 11.8. The number of nitrogens with zero attached hydrogens (tertiary/aromatic N) is 2. The maximum Gasteiger partial charge on any atom is 0.0219 e. The van der Waals surface area contributed by atoms with Crippen LogP contribution in [0, 0.1) is 5.92 Å². The van der Waals surface area contributed by atoms with Crippen molar-refractivity contribution >= 4 is 0 Å². The van der Waals surface area contributed by atoms with Crippen molar-refractivity contribution in [3.05, 3.63) is 0 Å². The van der Waals surface area contributed by atoms with E-state index in [2.05, 4.69) is 35.9 Å². The van der Waals surface area contributed by atoms with E-state index < -0.39 is 0 Å². The summed E-state index contributed by atoms with van der Waals surface area (Å²) in [5, 5.41) is 3.57. The van der Waals surface area contributed by atoms with Gasteiger partial charge in [-0.25, -0.2) is 0 Å². The minimum atomic E-state index is 0.652. The van der Waals surface area contributed by atoms with E-state index in [1.54, 1.807) is 0 Å². The van der Waals surface area contributed by atoms with Crippen LogP contribution in [0.1, 0.15) is 33.6 Å². The highest BCUT2D eigenvalue weighted by atomic mass is 15.2. The van der Waals surface area contributed by atoms with Gasteiger partial charge in [-0.05, 0) is 52.2 Å². The van der Waals surface area contributed by atoms with Gasteiger partial charge in [0.15, 0.2) is 0 Å². The van der Waals surface area contributed by atoms with Crippen LogP contribution in [0.3, 0.4) is 0 Å². The summed E-state index contributed by atoms with van der Waals surface area (Å²) < 4.78 is 0. The smallest absolute Gasteiger partial charge is 0.0219 e. The van der Waals surface area contributed by atoms with E-state index in [0.29, 0.717) is 12.1 Å². The largest absolute Gasteiger partial charge is 0.311 e. The highest BCUT2D eigenvalue weighted by Crippen LogP contribution is 2.20. The van der Waals surface area contributed by atoms with E-state index >= 15 is 0 Å². The Morgan fingerprint density at radius 2 is 1.82 bits per heavy atom. The van der Waals surface area contributed by atoms with Crippen molar-refractivity contribution in [3.63, 3.8) is 0 Å². The van der Waals surface area contributed by atoms with Gasteiger partial charge in [-0.15, -0.1) is 0 Å². The van der Waals surface area contributed by atoms with Crippen LogP contribution in [0.4, 0.5) is 0 Å². The molecule has 0 aromatic heterocycles. The normalized spacial score (nSPS) is 34.1. The van der Waals surface area contributed by atoms with E-state index in [1.165, 1.54) is 52.1 Å². The van der Waals surface area contributed by atoms with Gasteiger partial charge in [-0.2, -0.15) is 0 Å². The van der Waals surface area contributed by atoms with E-state index in [-0.39, 0.29) is 0 Å². The predicted octanol–water partition coefficient (Wildman–Crippen LogP) is 1.40. The first-order valence-corrected chi connectivity index (χ1v) is 7.40. The summed E-state index contributed by atoms with van der Waals surface area (Å²) in [6.45, 7) is 14.6. The van der Waals surface area contributed by atoms with E-state index in [1.807, 2.05) is 0 Å². The number of piperazine rings is 1. The van der Waals surface area contributed by atoms with E-state index in [4.69, 9.17) is 0 Å². The average Bonchev–Trinajstić information content (AvgIpc) is 2.36. The summed E-state index contributed by atoms with van der Waals surface area (Å²) in [7, 11) is 0. The fourth-order valence-electron chi connectivity index (χ4n) is 3.20. The van der Waals surface area contributed by atoms with Crippen LogP contribution >= 0.6 is 0 Å². The molecule has 0 bridgehead atoms. The van der Waals surface area contributed by atoms with Crippen LogP contribution in [0.2, 0.25) is 0 Å².